The highest BCUT2D eigenvalue weighted by molar-refractivity contribution is 5.91. The third kappa shape index (κ3) is 6.93. The van der Waals surface area contributed by atoms with E-state index in [9.17, 15) is 18.4 Å². The van der Waals surface area contributed by atoms with E-state index >= 15 is 0 Å². The second-order valence-electron chi connectivity index (χ2n) is 5.43. The van der Waals surface area contributed by atoms with Crippen LogP contribution in [0.4, 0.5) is 8.78 Å². The topological polar surface area (TPSA) is 73.9 Å². The van der Waals surface area contributed by atoms with E-state index in [1.54, 1.807) is 30.3 Å². The van der Waals surface area contributed by atoms with Crippen LogP contribution < -0.4 is 14.8 Å². The Hall–Kier alpha value is -3.16. The first-order valence-electron chi connectivity index (χ1n) is 8.09. The van der Waals surface area contributed by atoms with Gasteiger partial charge in [-0.25, -0.2) is 4.79 Å². The van der Waals surface area contributed by atoms with E-state index in [1.807, 2.05) is 0 Å². The zero-order valence-corrected chi connectivity index (χ0v) is 14.6. The van der Waals surface area contributed by atoms with Crippen molar-refractivity contribution in [1.82, 2.24) is 5.32 Å². The Labute approximate surface area is 155 Å². The first-order chi connectivity index (χ1) is 13.0. The van der Waals surface area contributed by atoms with Crippen molar-refractivity contribution in [3.63, 3.8) is 0 Å². The third-order valence-electron chi connectivity index (χ3n) is 3.52. The molecule has 0 bridgehead atoms. The van der Waals surface area contributed by atoms with Crippen LogP contribution in [0.15, 0.2) is 48.5 Å². The molecule has 0 atom stereocenters. The second-order valence-corrected chi connectivity index (χ2v) is 5.43. The monoisotopic (exact) mass is 379 g/mol. The number of benzene rings is 2. The summed E-state index contributed by atoms with van der Waals surface area (Å²) < 4.78 is 38.4. The Morgan fingerprint density at radius 1 is 1.07 bits per heavy atom. The number of esters is 1. The molecule has 0 heterocycles. The van der Waals surface area contributed by atoms with Crippen LogP contribution >= 0.6 is 0 Å². The molecule has 0 aromatic heterocycles. The standard InChI is InChI=1S/C19H19F2NO5/c1-25-16-4-2-3-14(11-16)18(24)26-12-17(23)22-10-9-13-5-7-15(8-6-13)27-19(20)21/h2-8,11,19H,9-10,12H2,1H3,(H,22,23). The summed E-state index contributed by atoms with van der Waals surface area (Å²) in [7, 11) is 1.48. The molecular weight excluding hydrogens is 360 g/mol. The largest absolute Gasteiger partial charge is 0.497 e. The Kier molecular flexibility index (Phi) is 7.54. The van der Waals surface area contributed by atoms with E-state index in [-0.39, 0.29) is 11.3 Å². The summed E-state index contributed by atoms with van der Waals surface area (Å²) in [6.07, 6.45) is 0.491. The number of halogens is 2. The minimum absolute atomic E-state index is 0.0715. The number of carbonyl (C=O) groups is 2. The van der Waals surface area contributed by atoms with Gasteiger partial charge in [0.1, 0.15) is 11.5 Å². The lowest BCUT2D eigenvalue weighted by Crippen LogP contribution is -2.30. The zero-order valence-electron chi connectivity index (χ0n) is 14.6. The molecule has 8 heteroatoms. The van der Waals surface area contributed by atoms with Crippen LogP contribution in [-0.2, 0) is 16.0 Å². The molecule has 0 spiro atoms. The van der Waals surface area contributed by atoms with Crippen molar-refractivity contribution < 1.29 is 32.6 Å². The molecule has 27 heavy (non-hydrogen) atoms. The molecule has 0 saturated carbocycles. The highest BCUT2D eigenvalue weighted by Gasteiger charge is 2.11. The Morgan fingerprint density at radius 2 is 1.81 bits per heavy atom. The van der Waals surface area contributed by atoms with Crippen molar-refractivity contribution in [1.29, 1.82) is 0 Å². The molecule has 0 saturated heterocycles. The van der Waals surface area contributed by atoms with Crippen LogP contribution in [0.5, 0.6) is 11.5 Å². The lowest BCUT2D eigenvalue weighted by atomic mass is 10.1. The minimum Gasteiger partial charge on any atom is -0.497 e. The summed E-state index contributed by atoms with van der Waals surface area (Å²) in [6, 6.07) is 12.5. The molecule has 1 amide bonds. The Balaban J connectivity index is 1.70. The molecule has 2 aromatic carbocycles. The van der Waals surface area contributed by atoms with Gasteiger partial charge in [-0.3, -0.25) is 4.79 Å². The number of hydrogen-bond donors (Lipinski definition) is 1. The molecular formula is C19H19F2NO5. The normalized spacial score (nSPS) is 10.4. The number of nitrogens with one attached hydrogen (secondary N) is 1. The van der Waals surface area contributed by atoms with Gasteiger partial charge in [0.15, 0.2) is 6.61 Å². The van der Waals surface area contributed by atoms with Gasteiger partial charge in [-0.1, -0.05) is 18.2 Å². The van der Waals surface area contributed by atoms with Gasteiger partial charge < -0.3 is 19.5 Å². The van der Waals surface area contributed by atoms with Crippen molar-refractivity contribution >= 4 is 11.9 Å². The van der Waals surface area contributed by atoms with Crippen LogP contribution in [0.3, 0.4) is 0 Å². The molecule has 0 aliphatic heterocycles. The van der Waals surface area contributed by atoms with Gasteiger partial charge >= 0.3 is 12.6 Å². The van der Waals surface area contributed by atoms with E-state index < -0.39 is 25.1 Å². The second kappa shape index (κ2) is 10.1. The Bertz CT molecular complexity index is 765. The van der Waals surface area contributed by atoms with Crippen LogP contribution in [0.1, 0.15) is 15.9 Å². The molecule has 2 rings (SSSR count). The first-order valence-corrected chi connectivity index (χ1v) is 8.09. The Morgan fingerprint density at radius 3 is 2.48 bits per heavy atom. The van der Waals surface area contributed by atoms with Crippen molar-refractivity contribution in [3.05, 3.63) is 59.7 Å². The maximum atomic E-state index is 12.1. The van der Waals surface area contributed by atoms with E-state index in [1.165, 1.54) is 25.3 Å². The van der Waals surface area contributed by atoms with Gasteiger partial charge in [-0.15, -0.1) is 0 Å². The molecule has 0 aliphatic rings. The smallest absolute Gasteiger partial charge is 0.387 e. The number of alkyl halides is 2. The van der Waals surface area contributed by atoms with Gasteiger partial charge in [0, 0.05) is 6.54 Å². The highest BCUT2D eigenvalue weighted by Crippen LogP contribution is 2.15. The molecule has 0 radical (unpaired) electrons. The predicted octanol–water partition coefficient (Wildman–Crippen LogP) is 2.81. The maximum Gasteiger partial charge on any atom is 0.387 e. The molecule has 0 aliphatic carbocycles. The minimum atomic E-state index is -2.87. The average molecular weight is 379 g/mol. The quantitative estimate of drug-likeness (QED) is 0.679. The number of ether oxygens (including phenoxy) is 3. The predicted molar refractivity (Wildman–Crippen MR) is 93.1 cm³/mol. The van der Waals surface area contributed by atoms with E-state index in [0.29, 0.717) is 18.7 Å². The lowest BCUT2D eigenvalue weighted by molar-refractivity contribution is -0.124. The summed E-state index contributed by atoms with van der Waals surface area (Å²) in [5, 5.41) is 2.62. The number of carbonyl (C=O) groups excluding carboxylic acids is 2. The summed E-state index contributed by atoms with van der Waals surface area (Å²) in [5.41, 5.74) is 1.12. The van der Waals surface area contributed by atoms with Crippen LogP contribution in [0.25, 0.3) is 0 Å². The number of amides is 1. The van der Waals surface area contributed by atoms with Gasteiger partial charge in [-0.05, 0) is 42.3 Å². The number of hydrogen-bond acceptors (Lipinski definition) is 5. The molecule has 0 unspecified atom stereocenters. The molecule has 1 N–H and O–H groups in total. The fourth-order valence-electron chi connectivity index (χ4n) is 2.20. The van der Waals surface area contributed by atoms with Gasteiger partial charge in [0.25, 0.3) is 5.91 Å². The van der Waals surface area contributed by atoms with E-state index in [2.05, 4.69) is 10.1 Å². The number of methoxy groups -OCH3 is 1. The summed E-state index contributed by atoms with van der Waals surface area (Å²) in [6.45, 7) is -2.96. The molecule has 0 fully saturated rings. The van der Waals surface area contributed by atoms with Gasteiger partial charge in [0.05, 0.1) is 12.7 Å². The SMILES string of the molecule is COc1cccc(C(=O)OCC(=O)NCCc2ccc(OC(F)F)cc2)c1. The lowest BCUT2D eigenvalue weighted by Gasteiger charge is -2.08. The number of rotatable bonds is 9. The van der Waals surface area contributed by atoms with Gasteiger partial charge in [-0.2, -0.15) is 8.78 Å². The molecule has 6 nitrogen and oxygen atoms in total. The molecule has 2 aromatic rings. The van der Waals surface area contributed by atoms with Crippen molar-refractivity contribution in [2.24, 2.45) is 0 Å². The zero-order chi connectivity index (χ0) is 19.6. The van der Waals surface area contributed by atoms with Crippen LogP contribution in [-0.4, -0.2) is 38.7 Å². The first kappa shape index (κ1) is 20.2. The summed E-state index contributed by atoms with van der Waals surface area (Å²) >= 11 is 0. The highest BCUT2D eigenvalue weighted by atomic mass is 19.3. The average Bonchev–Trinajstić information content (AvgIpc) is 2.67. The van der Waals surface area contributed by atoms with E-state index in [0.717, 1.165) is 5.56 Å². The third-order valence-corrected chi connectivity index (χ3v) is 3.52. The van der Waals surface area contributed by atoms with E-state index in [4.69, 9.17) is 9.47 Å². The van der Waals surface area contributed by atoms with Crippen LogP contribution in [0, 0.1) is 0 Å². The van der Waals surface area contributed by atoms with Crippen molar-refractivity contribution in [3.8, 4) is 11.5 Å². The summed E-state index contributed by atoms with van der Waals surface area (Å²) in [4.78, 5) is 23.6. The maximum absolute atomic E-state index is 12.1. The van der Waals surface area contributed by atoms with Crippen molar-refractivity contribution in [2.75, 3.05) is 20.3 Å². The van der Waals surface area contributed by atoms with Crippen molar-refractivity contribution in [2.45, 2.75) is 13.0 Å². The molecule has 144 valence electrons. The fraction of sp³-hybridized carbons (Fsp3) is 0.263. The fourth-order valence-corrected chi connectivity index (χ4v) is 2.20. The van der Waals surface area contributed by atoms with Gasteiger partial charge in [0.2, 0.25) is 0 Å². The summed E-state index contributed by atoms with van der Waals surface area (Å²) in [5.74, 6) is -0.483. The van der Waals surface area contributed by atoms with Crippen LogP contribution in [0.2, 0.25) is 0 Å².